The lowest BCUT2D eigenvalue weighted by atomic mass is 9.97. The maximum absolute atomic E-state index is 13.2. The fourth-order valence-corrected chi connectivity index (χ4v) is 8.52. The van der Waals surface area contributed by atoms with Gasteiger partial charge in [-0.2, -0.15) is 0 Å². The summed E-state index contributed by atoms with van der Waals surface area (Å²) in [4.78, 5) is 13.2. The van der Waals surface area contributed by atoms with E-state index >= 15 is 0 Å². The van der Waals surface area contributed by atoms with Crippen molar-refractivity contribution in [2.75, 3.05) is 19.8 Å². The summed E-state index contributed by atoms with van der Waals surface area (Å²) in [6, 6.07) is -0.828. The Morgan fingerprint density at radius 2 is 1.00 bits per heavy atom. The van der Waals surface area contributed by atoms with Gasteiger partial charge in [0.05, 0.1) is 32.0 Å². The Bertz CT molecular complexity index is 1120. The SMILES string of the molecule is CCCCCCC/C=C\CCCCCCCC(=O)NC(COC1OC(CO)C(OC2OC(CO)C(O)C(O)C2O)C(O)C1O)C(O)CCCCCCCCCCCCCCCCC. The number of nitrogens with one attached hydrogen (secondary N) is 1. The normalized spacial score (nSPS) is 27.5. The van der Waals surface area contributed by atoms with Gasteiger partial charge >= 0.3 is 0 Å². The molecule has 0 bridgehead atoms. The molecule has 0 radical (unpaired) electrons. The highest BCUT2D eigenvalue weighted by Crippen LogP contribution is 2.30. The number of unbranched alkanes of at least 4 members (excludes halogenated alkanes) is 24. The third kappa shape index (κ3) is 24.4. The third-order valence-electron chi connectivity index (χ3n) is 12.7. The second kappa shape index (κ2) is 36.8. The number of ether oxygens (including phenoxy) is 4. The van der Waals surface area contributed by atoms with Crippen LogP contribution in [0.5, 0.6) is 0 Å². The summed E-state index contributed by atoms with van der Waals surface area (Å²) in [6.45, 7) is 2.83. The Kier molecular flexibility index (Phi) is 33.8. The zero-order chi connectivity index (χ0) is 46.1. The smallest absolute Gasteiger partial charge is 0.220 e. The van der Waals surface area contributed by atoms with E-state index in [1.807, 2.05) is 0 Å². The monoisotopic (exact) mass is 904 g/mol. The standard InChI is InChI=1S/C49H93NO13/c1-3-5-7-9-11-13-15-17-19-20-22-24-26-28-30-32-38(53)37(50-41(54)33-31-29-27-25-23-21-18-16-14-12-10-8-6-4-2)36-60-48-46(59)44(57)47(40(35-52)62-48)63-49-45(58)43(56)42(55)39(34-51)61-49/h16,18,37-40,42-49,51-53,55-59H,3-15,17,19-36H2,1-2H3,(H,50,54)/b18-16-. The van der Waals surface area contributed by atoms with E-state index in [2.05, 4.69) is 31.3 Å². The molecule has 2 rings (SSSR count). The summed E-state index contributed by atoms with van der Waals surface area (Å²) in [5.74, 6) is -0.215. The van der Waals surface area contributed by atoms with E-state index in [1.165, 1.54) is 103 Å². The van der Waals surface area contributed by atoms with Crippen LogP contribution in [-0.2, 0) is 23.7 Å². The summed E-state index contributed by atoms with van der Waals surface area (Å²) in [6.07, 6.45) is 20.6. The van der Waals surface area contributed by atoms with Crippen molar-refractivity contribution in [3.05, 3.63) is 12.2 Å². The topological polar surface area (TPSA) is 228 Å². The number of hydrogen-bond acceptors (Lipinski definition) is 13. The highest BCUT2D eigenvalue weighted by molar-refractivity contribution is 5.76. The molecule has 372 valence electrons. The van der Waals surface area contributed by atoms with Crippen molar-refractivity contribution in [3.8, 4) is 0 Å². The van der Waals surface area contributed by atoms with Crippen molar-refractivity contribution in [3.63, 3.8) is 0 Å². The van der Waals surface area contributed by atoms with E-state index in [1.54, 1.807) is 0 Å². The minimum atomic E-state index is -1.78. The predicted molar refractivity (Wildman–Crippen MR) is 245 cm³/mol. The number of carbonyl (C=O) groups excluding carboxylic acids is 1. The summed E-state index contributed by atoms with van der Waals surface area (Å²) in [5, 5.41) is 86.8. The fourth-order valence-electron chi connectivity index (χ4n) is 8.52. The van der Waals surface area contributed by atoms with Gasteiger partial charge in [0, 0.05) is 6.42 Å². The molecule has 63 heavy (non-hydrogen) atoms. The Labute approximate surface area is 380 Å². The van der Waals surface area contributed by atoms with Crippen LogP contribution in [0.4, 0.5) is 0 Å². The molecule has 2 fully saturated rings. The fraction of sp³-hybridized carbons (Fsp3) is 0.939. The molecular formula is C49H93NO13. The first-order chi connectivity index (χ1) is 30.6. The number of allylic oxidation sites excluding steroid dienone is 2. The predicted octanol–water partition coefficient (Wildman–Crippen LogP) is 6.38. The molecule has 9 N–H and O–H groups in total. The Morgan fingerprint density at radius 3 is 1.51 bits per heavy atom. The molecule has 1 amide bonds. The summed E-state index contributed by atoms with van der Waals surface area (Å²) < 4.78 is 22.7. The number of aliphatic hydroxyl groups excluding tert-OH is 8. The summed E-state index contributed by atoms with van der Waals surface area (Å²) >= 11 is 0. The molecule has 14 nitrogen and oxygen atoms in total. The number of amides is 1. The lowest BCUT2D eigenvalue weighted by Crippen LogP contribution is -2.65. The van der Waals surface area contributed by atoms with Crippen molar-refractivity contribution >= 4 is 5.91 Å². The first-order valence-electron chi connectivity index (χ1n) is 25.4. The number of rotatable bonds is 39. The minimum absolute atomic E-state index is 0.215. The molecule has 2 saturated heterocycles. The molecule has 0 aromatic rings. The largest absolute Gasteiger partial charge is 0.394 e. The second-order valence-corrected chi connectivity index (χ2v) is 18.3. The van der Waals surface area contributed by atoms with Gasteiger partial charge in [-0.1, -0.05) is 167 Å². The van der Waals surface area contributed by atoms with Gasteiger partial charge in [-0.15, -0.1) is 0 Å². The molecule has 0 saturated carbocycles. The van der Waals surface area contributed by atoms with Crippen LogP contribution in [0.1, 0.15) is 200 Å². The molecule has 2 heterocycles. The van der Waals surface area contributed by atoms with Crippen molar-refractivity contribution in [2.45, 2.75) is 274 Å². The zero-order valence-electron chi connectivity index (χ0n) is 39.3. The van der Waals surface area contributed by atoms with Crippen LogP contribution in [0.3, 0.4) is 0 Å². The summed E-state index contributed by atoms with van der Waals surface area (Å²) in [5.41, 5.74) is 0. The molecule has 0 aliphatic carbocycles. The van der Waals surface area contributed by atoms with Crippen LogP contribution in [0, 0.1) is 0 Å². The molecule has 0 aromatic heterocycles. The Morgan fingerprint density at radius 1 is 0.556 bits per heavy atom. The average Bonchev–Trinajstić information content (AvgIpc) is 3.28. The number of carbonyl (C=O) groups is 1. The van der Waals surface area contributed by atoms with Gasteiger partial charge in [0.2, 0.25) is 5.91 Å². The van der Waals surface area contributed by atoms with E-state index in [0.29, 0.717) is 19.3 Å². The van der Waals surface area contributed by atoms with Gasteiger partial charge in [0.1, 0.15) is 48.8 Å². The van der Waals surface area contributed by atoms with Crippen LogP contribution < -0.4 is 5.32 Å². The van der Waals surface area contributed by atoms with Crippen LogP contribution in [-0.4, -0.2) is 140 Å². The van der Waals surface area contributed by atoms with E-state index in [4.69, 9.17) is 18.9 Å². The highest BCUT2D eigenvalue weighted by Gasteiger charge is 2.51. The molecule has 12 unspecified atom stereocenters. The first-order valence-corrected chi connectivity index (χ1v) is 25.4. The molecule has 2 aliphatic heterocycles. The Hall–Kier alpha value is -1.27. The van der Waals surface area contributed by atoms with Gasteiger partial charge in [-0.25, -0.2) is 0 Å². The quantitative estimate of drug-likeness (QED) is 0.0241. The van der Waals surface area contributed by atoms with Crippen LogP contribution in [0.2, 0.25) is 0 Å². The zero-order valence-corrected chi connectivity index (χ0v) is 39.3. The highest BCUT2D eigenvalue weighted by atomic mass is 16.7. The number of hydrogen-bond donors (Lipinski definition) is 9. The van der Waals surface area contributed by atoms with Crippen LogP contribution in [0.25, 0.3) is 0 Å². The lowest BCUT2D eigenvalue weighted by Gasteiger charge is -2.46. The van der Waals surface area contributed by atoms with Gasteiger partial charge < -0.3 is 65.1 Å². The number of aliphatic hydroxyl groups is 8. The lowest BCUT2D eigenvalue weighted by molar-refractivity contribution is -0.359. The van der Waals surface area contributed by atoms with Gasteiger partial charge in [0.25, 0.3) is 0 Å². The van der Waals surface area contributed by atoms with Crippen molar-refractivity contribution < 1.29 is 64.6 Å². The first kappa shape index (κ1) is 57.9. The van der Waals surface area contributed by atoms with Crippen molar-refractivity contribution in [1.29, 1.82) is 0 Å². The van der Waals surface area contributed by atoms with Crippen LogP contribution >= 0.6 is 0 Å². The molecule has 14 heteroatoms. The molecular weight excluding hydrogens is 811 g/mol. The van der Waals surface area contributed by atoms with Gasteiger partial charge in [-0.05, 0) is 38.5 Å². The van der Waals surface area contributed by atoms with Gasteiger partial charge in [0.15, 0.2) is 12.6 Å². The molecule has 2 aliphatic rings. The van der Waals surface area contributed by atoms with E-state index < -0.39 is 86.8 Å². The van der Waals surface area contributed by atoms with Crippen LogP contribution in [0.15, 0.2) is 12.2 Å². The third-order valence-corrected chi connectivity index (χ3v) is 12.7. The average molecular weight is 904 g/mol. The van der Waals surface area contributed by atoms with Gasteiger partial charge in [-0.3, -0.25) is 4.79 Å². The van der Waals surface area contributed by atoms with E-state index in [9.17, 15) is 45.6 Å². The van der Waals surface area contributed by atoms with E-state index in [-0.39, 0.29) is 12.5 Å². The van der Waals surface area contributed by atoms with E-state index in [0.717, 1.165) is 64.2 Å². The second-order valence-electron chi connectivity index (χ2n) is 18.3. The maximum atomic E-state index is 13.2. The summed E-state index contributed by atoms with van der Waals surface area (Å²) in [7, 11) is 0. The van der Waals surface area contributed by atoms with Crippen molar-refractivity contribution in [1.82, 2.24) is 5.32 Å². The van der Waals surface area contributed by atoms with Crippen molar-refractivity contribution in [2.24, 2.45) is 0 Å². The molecule has 12 atom stereocenters. The maximum Gasteiger partial charge on any atom is 0.220 e. The Balaban J connectivity index is 1.84. The molecule has 0 spiro atoms. The minimum Gasteiger partial charge on any atom is -0.394 e. The molecule has 0 aromatic carbocycles.